The number of rotatable bonds is 4. The average Bonchev–Trinajstić information content (AvgIpc) is 2.85. The second-order valence-electron chi connectivity index (χ2n) is 7.23. The summed E-state index contributed by atoms with van der Waals surface area (Å²) in [4.78, 5) is 0. The van der Waals surface area contributed by atoms with Gasteiger partial charge in [0.05, 0.1) is 12.3 Å². The standard InChI is InChI=1S/C16H27N3O/c1-16(2)13-7-5-4-6-12(13)15(16)17-9-14(20)11-8-18-19(3)10-11/h8,10,12-15,17,20H,4-7,9H2,1-3H3/t12-,13+,14-,15-/m1/s1. The van der Waals surface area contributed by atoms with E-state index in [9.17, 15) is 5.11 Å². The number of nitrogens with one attached hydrogen (secondary N) is 1. The molecule has 4 nitrogen and oxygen atoms in total. The highest BCUT2D eigenvalue weighted by atomic mass is 16.3. The molecule has 4 atom stereocenters. The Balaban J connectivity index is 1.58. The maximum absolute atomic E-state index is 10.3. The summed E-state index contributed by atoms with van der Waals surface area (Å²) in [5.74, 6) is 1.70. The zero-order chi connectivity index (χ0) is 14.3. The van der Waals surface area contributed by atoms with Crippen LogP contribution in [0.3, 0.4) is 0 Å². The van der Waals surface area contributed by atoms with Crippen LogP contribution in [0, 0.1) is 17.3 Å². The molecule has 1 aromatic heterocycles. The van der Waals surface area contributed by atoms with Gasteiger partial charge in [-0.05, 0) is 30.1 Å². The lowest BCUT2D eigenvalue weighted by Gasteiger charge is -2.61. The maximum Gasteiger partial charge on any atom is 0.0944 e. The van der Waals surface area contributed by atoms with Crippen LogP contribution in [-0.4, -0.2) is 27.5 Å². The first kappa shape index (κ1) is 14.1. The smallest absolute Gasteiger partial charge is 0.0944 e. The highest BCUT2D eigenvalue weighted by Crippen LogP contribution is 2.57. The predicted molar refractivity (Wildman–Crippen MR) is 79.2 cm³/mol. The number of nitrogens with zero attached hydrogens (tertiary/aromatic N) is 2. The van der Waals surface area contributed by atoms with Crippen LogP contribution in [0.5, 0.6) is 0 Å². The van der Waals surface area contributed by atoms with E-state index in [2.05, 4.69) is 24.3 Å². The van der Waals surface area contributed by atoms with Gasteiger partial charge in [-0.1, -0.05) is 26.7 Å². The number of hydrogen-bond donors (Lipinski definition) is 2. The van der Waals surface area contributed by atoms with Crippen LogP contribution < -0.4 is 5.32 Å². The summed E-state index contributed by atoms with van der Waals surface area (Å²) in [6.07, 6.45) is 8.71. The molecule has 2 fully saturated rings. The Kier molecular flexibility index (Phi) is 3.63. The van der Waals surface area contributed by atoms with E-state index in [0.717, 1.165) is 17.4 Å². The molecule has 20 heavy (non-hydrogen) atoms. The molecule has 0 aromatic carbocycles. The summed E-state index contributed by atoms with van der Waals surface area (Å²) in [6.45, 7) is 5.39. The fourth-order valence-electron chi connectivity index (χ4n) is 4.53. The average molecular weight is 277 g/mol. The Bertz CT molecular complexity index is 468. The van der Waals surface area contributed by atoms with Gasteiger partial charge in [-0.15, -0.1) is 0 Å². The molecular weight excluding hydrogens is 250 g/mol. The first-order chi connectivity index (χ1) is 9.50. The van der Waals surface area contributed by atoms with Crippen molar-refractivity contribution < 1.29 is 5.11 Å². The third kappa shape index (κ3) is 2.29. The van der Waals surface area contributed by atoms with E-state index >= 15 is 0 Å². The van der Waals surface area contributed by atoms with E-state index in [1.807, 2.05) is 13.2 Å². The molecule has 3 rings (SSSR count). The highest BCUT2D eigenvalue weighted by molar-refractivity contribution is 5.11. The summed E-state index contributed by atoms with van der Waals surface area (Å²) in [5, 5.41) is 18.0. The van der Waals surface area contributed by atoms with Gasteiger partial charge in [0.2, 0.25) is 0 Å². The van der Waals surface area contributed by atoms with Crippen molar-refractivity contribution in [1.29, 1.82) is 0 Å². The predicted octanol–water partition coefficient (Wildman–Crippen LogP) is 2.26. The van der Waals surface area contributed by atoms with Crippen molar-refractivity contribution in [3.05, 3.63) is 18.0 Å². The summed E-state index contributed by atoms with van der Waals surface area (Å²) in [6, 6.07) is 0.555. The lowest BCUT2D eigenvalue weighted by Crippen LogP contribution is -2.65. The van der Waals surface area contributed by atoms with Crippen molar-refractivity contribution in [3.63, 3.8) is 0 Å². The van der Waals surface area contributed by atoms with Crippen LogP contribution >= 0.6 is 0 Å². The van der Waals surface area contributed by atoms with Crippen molar-refractivity contribution in [1.82, 2.24) is 15.1 Å². The molecule has 0 unspecified atom stereocenters. The quantitative estimate of drug-likeness (QED) is 0.887. The second kappa shape index (κ2) is 5.15. The summed E-state index contributed by atoms with van der Waals surface area (Å²) < 4.78 is 1.74. The first-order valence-corrected chi connectivity index (χ1v) is 7.90. The second-order valence-corrected chi connectivity index (χ2v) is 7.23. The molecular formula is C16H27N3O. The molecule has 2 aliphatic carbocycles. The zero-order valence-electron chi connectivity index (χ0n) is 12.8. The number of aryl methyl sites for hydroxylation is 1. The van der Waals surface area contributed by atoms with E-state index < -0.39 is 6.10 Å². The number of aromatic nitrogens is 2. The molecule has 1 heterocycles. The Morgan fingerprint density at radius 3 is 2.90 bits per heavy atom. The van der Waals surface area contributed by atoms with Crippen molar-refractivity contribution in [2.75, 3.05) is 6.54 Å². The zero-order valence-corrected chi connectivity index (χ0v) is 12.8. The lowest BCUT2D eigenvalue weighted by molar-refractivity contribution is -0.0903. The van der Waals surface area contributed by atoms with E-state index in [4.69, 9.17) is 0 Å². The fraction of sp³-hybridized carbons (Fsp3) is 0.812. The largest absolute Gasteiger partial charge is 0.387 e. The van der Waals surface area contributed by atoms with Gasteiger partial charge in [0.15, 0.2) is 0 Å². The van der Waals surface area contributed by atoms with Crippen LogP contribution in [0.2, 0.25) is 0 Å². The maximum atomic E-state index is 10.3. The first-order valence-electron chi connectivity index (χ1n) is 7.90. The van der Waals surface area contributed by atoms with Crippen molar-refractivity contribution in [2.45, 2.75) is 51.7 Å². The van der Waals surface area contributed by atoms with Crippen LogP contribution in [-0.2, 0) is 7.05 Å². The summed E-state index contributed by atoms with van der Waals surface area (Å²) in [7, 11) is 1.88. The van der Waals surface area contributed by atoms with E-state index in [0.29, 0.717) is 18.0 Å². The molecule has 2 saturated carbocycles. The molecule has 0 saturated heterocycles. The van der Waals surface area contributed by atoms with E-state index in [-0.39, 0.29) is 0 Å². The Labute approximate surface area is 121 Å². The van der Waals surface area contributed by atoms with Crippen LogP contribution in [0.4, 0.5) is 0 Å². The van der Waals surface area contributed by atoms with Crippen molar-refractivity contribution in [3.8, 4) is 0 Å². The Hall–Kier alpha value is -0.870. The number of fused-ring (bicyclic) bond motifs is 1. The van der Waals surface area contributed by atoms with Crippen molar-refractivity contribution >= 4 is 0 Å². The van der Waals surface area contributed by atoms with Gasteiger partial charge < -0.3 is 10.4 Å². The van der Waals surface area contributed by atoms with Gasteiger partial charge in [-0.2, -0.15) is 5.10 Å². The van der Waals surface area contributed by atoms with Gasteiger partial charge in [0.1, 0.15) is 0 Å². The molecule has 1 aromatic rings. The molecule has 0 radical (unpaired) electrons. The molecule has 0 amide bonds. The van der Waals surface area contributed by atoms with E-state index in [1.54, 1.807) is 10.9 Å². The Morgan fingerprint density at radius 2 is 2.20 bits per heavy atom. The molecule has 4 heteroatoms. The number of aliphatic hydroxyl groups is 1. The molecule has 0 aliphatic heterocycles. The minimum absolute atomic E-state index is 0.375. The van der Waals surface area contributed by atoms with E-state index in [1.165, 1.54) is 25.7 Å². The molecule has 112 valence electrons. The third-order valence-corrected chi connectivity index (χ3v) is 5.65. The number of aliphatic hydroxyl groups excluding tert-OH is 1. The lowest BCUT2D eigenvalue weighted by atomic mass is 9.48. The van der Waals surface area contributed by atoms with Gasteiger partial charge in [0, 0.05) is 31.4 Å². The molecule has 0 bridgehead atoms. The van der Waals surface area contributed by atoms with Crippen LogP contribution in [0.25, 0.3) is 0 Å². The van der Waals surface area contributed by atoms with Gasteiger partial charge in [-0.25, -0.2) is 0 Å². The molecule has 2 N–H and O–H groups in total. The summed E-state index contributed by atoms with van der Waals surface area (Å²) in [5.41, 5.74) is 1.28. The Morgan fingerprint density at radius 1 is 1.45 bits per heavy atom. The van der Waals surface area contributed by atoms with Gasteiger partial charge in [0.25, 0.3) is 0 Å². The highest BCUT2D eigenvalue weighted by Gasteiger charge is 2.55. The SMILES string of the molecule is Cn1cc([C@H](O)CN[C@@H]2[C@@H]3CCCC[C@@H]3C2(C)C)cn1. The fourth-order valence-corrected chi connectivity index (χ4v) is 4.53. The van der Waals surface area contributed by atoms with Crippen LogP contribution in [0.15, 0.2) is 12.4 Å². The van der Waals surface area contributed by atoms with Gasteiger partial charge in [-0.3, -0.25) is 4.68 Å². The molecule has 2 aliphatic rings. The topological polar surface area (TPSA) is 50.1 Å². The van der Waals surface area contributed by atoms with Gasteiger partial charge >= 0.3 is 0 Å². The van der Waals surface area contributed by atoms with Crippen LogP contribution in [0.1, 0.15) is 51.2 Å². The molecule has 0 spiro atoms. The third-order valence-electron chi connectivity index (χ3n) is 5.65. The minimum Gasteiger partial charge on any atom is -0.387 e. The van der Waals surface area contributed by atoms with Crippen molar-refractivity contribution in [2.24, 2.45) is 24.3 Å². The minimum atomic E-state index is -0.456. The normalized spacial score (nSPS) is 33.3. The summed E-state index contributed by atoms with van der Waals surface area (Å²) >= 11 is 0. The monoisotopic (exact) mass is 277 g/mol. The number of hydrogen-bond acceptors (Lipinski definition) is 3.